The topological polar surface area (TPSA) is 85.4 Å². The lowest BCUT2D eigenvalue weighted by Crippen LogP contribution is -2.20. The fraction of sp³-hybridized carbons (Fsp3) is 0.250. The van der Waals surface area contributed by atoms with Crippen LogP contribution in [0.5, 0.6) is 5.75 Å². The Bertz CT molecular complexity index is 707. The molecule has 1 aromatic carbocycles. The van der Waals surface area contributed by atoms with E-state index in [1.54, 1.807) is 37.3 Å². The third kappa shape index (κ3) is 3.52. The molecule has 0 fully saturated rings. The average molecular weight is 304 g/mol. The zero-order chi connectivity index (χ0) is 16.5. The highest BCUT2D eigenvalue weighted by molar-refractivity contribution is 5.90. The third-order valence-corrected chi connectivity index (χ3v) is 3.03. The molecule has 3 N–H and O–H groups in total. The highest BCUT2D eigenvalue weighted by atomic mass is 19.2. The molecular formula is C16H17FN2O3. The summed E-state index contributed by atoms with van der Waals surface area (Å²) >= 11 is 0. The zero-order valence-electron chi connectivity index (χ0n) is 12.6. The van der Waals surface area contributed by atoms with Crippen molar-refractivity contribution in [2.75, 3.05) is 5.73 Å². The zero-order valence-corrected chi connectivity index (χ0v) is 12.6. The predicted molar refractivity (Wildman–Crippen MR) is 81.6 cm³/mol. The standard InChI is InChI=1S/C16H17FN2O3/c1-9-12(18)8-13(19-14(9)15(20)21)10-4-6-11(7-5-10)22-16(2,3)17/h4-8H,1-3H3,(H2,18,19)(H,20,21). The van der Waals surface area contributed by atoms with Crippen LogP contribution in [0.1, 0.15) is 29.9 Å². The van der Waals surface area contributed by atoms with Crippen LogP contribution in [0.15, 0.2) is 30.3 Å². The lowest BCUT2D eigenvalue weighted by molar-refractivity contribution is -0.0257. The van der Waals surface area contributed by atoms with Crippen LogP contribution in [0, 0.1) is 6.92 Å². The number of aromatic carboxylic acids is 1. The van der Waals surface area contributed by atoms with Gasteiger partial charge in [-0.3, -0.25) is 0 Å². The SMILES string of the molecule is Cc1c(N)cc(-c2ccc(OC(C)(C)F)cc2)nc1C(=O)O. The Kier molecular flexibility index (Phi) is 4.03. The number of nitrogen functional groups attached to an aromatic ring is 1. The van der Waals surface area contributed by atoms with Gasteiger partial charge in [-0.25, -0.2) is 9.78 Å². The van der Waals surface area contributed by atoms with E-state index in [1.165, 1.54) is 13.8 Å². The van der Waals surface area contributed by atoms with Gasteiger partial charge in [0.05, 0.1) is 5.69 Å². The number of carbonyl (C=O) groups is 1. The summed E-state index contributed by atoms with van der Waals surface area (Å²) in [5, 5.41) is 9.15. The van der Waals surface area contributed by atoms with Gasteiger partial charge in [-0.05, 0) is 37.3 Å². The molecule has 0 unspecified atom stereocenters. The molecule has 0 atom stereocenters. The molecular weight excluding hydrogens is 287 g/mol. The lowest BCUT2D eigenvalue weighted by atomic mass is 10.1. The molecule has 0 saturated heterocycles. The molecule has 2 aromatic rings. The van der Waals surface area contributed by atoms with Crippen LogP contribution in [-0.2, 0) is 0 Å². The first-order valence-electron chi connectivity index (χ1n) is 6.66. The molecule has 0 bridgehead atoms. The van der Waals surface area contributed by atoms with Crippen molar-refractivity contribution in [3.8, 4) is 17.0 Å². The Morgan fingerprint density at radius 1 is 1.32 bits per heavy atom. The maximum absolute atomic E-state index is 13.4. The van der Waals surface area contributed by atoms with Crippen molar-refractivity contribution >= 4 is 11.7 Å². The molecule has 0 aliphatic heterocycles. The number of nitrogens with two attached hydrogens (primary N) is 1. The van der Waals surface area contributed by atoms with Crippen LogP contribution in [0.2, 0.25) is 0 Å². The van der Waals surface area contributed by atoms with Gasteiger partial charge in [-0.1, -0.05) is 0 Å². The van der Waals surface area contributed by atoms with E-state index in [2.05, 4.69) is 4.98 Å². The first kappa shape index (κ1) is 15.8. The first-order chi connectivity index (χ1) is 10.2. The molecule has 1 aromatic heterocycles. The summed E-state index contributed by atoms with van der Waals surface area (Å²) in [6.07, 6.45) is 0. The number of benzene rings is 1. The van der Waals surface area contributed by atoms with Crippen molar-refractivity contribution in [3.63, 3.8) is 0 Å². The number of anilines is 1. The van der Waals surface area contributed by atoms with Gasteiger partial charge >= 0.3 is 5.97 Å². The van der Waals surface area contributed by atoms with Crippen LogP contribution >= 0.6 is 0 Å². The normalized spacial score (nSPS) is 11.3. The largest absolute Gasteiger partial charge is 0.477 e. The number of pyridine rings is 1. The van der Waals surface area contributed by atoms with Crippen molar-refractivity contribution in [1.82, 2.24) is 4.98 Å². The van der Waals surface area contributed by atoms with Gasteiger partial charge in [0.2, 0.25) is 5.85 Å². The predicted octanol–water partition coefficient (Wildman–Crippen LogP) is 3.42. The molecule has 0 amide bonds. The molecule has 1 heterocycles. The molecule has 0 spiro atoms. The van der Waals surface area contributed by atoms with E-state index in [4.69, 9.17) is 15.6 Å². The second-order valence-corrected chi connectivity index (χ2v) is 5.37. The Morgan fingerprint density at radius 3 is 2.41 bits per heavy atom. The summed E-state index contributed by atoms with van der Waals surface area (Å²) in [4.78, 5) is 15.3. The fourth-order valence-electron chi connectivity index (χ4n) is 1.96. The highest BCUT2D eigenvalue weighted by Gasteiger charge is 2.17. The maximum atomic E-state index is 13.4. The fourth-order valence-corrected chi connectivity index (χ4v) is 1.96. The van der Waals surface area contributed by atoms with E-state index in [0.29, 0.717) is 28.3 Å². The van der Waals surface area contributed by atoms with Gasteiger partial charge in [0.1, 0.15) is 5.75 Å². The lowest BCUT2D eigenvalue weighted by Gasteiger charge is -2.17. The molecule has 2 rings (SSSR count). The van der Waals surface area contributed by atoms with E-state index >= 15 is 0 Å². The summed E-state index contributed by atoms with van der Waals surface area (Å²) < 4.78 is 18.5. The minimum absolute atomic E-state index is 0.0831. The Labute approximate surface area is 127 Å². The van der Waals surface area contributed by atoms with Crippen LogP contribution in [0.3, 0.4) is 0 Å². The molecule has 116 valence electrons. The molecule has 0 aliphatic rings. The van der Waals surface area contributed by atoms with Crippen molar-refractivity contribution in [1.29, 1.82) is 0 Å². The Hall–Kier alpha value is -2.63. The monoisotopic (exact) mass is 304 g/mol. The van der Waals surface area contributed by atoms with Gasteiger partial charge in [0, 0.05) is 30.7 Å². The molecule has 6 heteroatoms. The Balaban J connectivity index is 2.38. The number of aromatic nitrogens is 1. The van der Waals surface area contributed by atoms with Gasteiger partial charge in [-0.2, -0.15) is 4.39 Å². The smallest absolute Gasteiger partial charge is 0.354 e. The summed E-state index contributed by atoms with van der Waals surface area (Å²) in [6.45, 7) is 4.22. The molecule has 0 saturated carbocycles. The van der Waals surface area contributed by atoms with E-state index in [-0.39, 0.29) is 5.69 Å². The van der Waals surface area contributed by atoms with Crippen molar-refractivity contribution in [2.24, 2.45) is 0 Å². The van der Waals surface area contributed by atoms with E-state index in [0.717, 1.165) is 0 Å². The average Bonchev–Trinajstić information content (AvgIpc) is 2.40. The van der Waals surface area contributed by atoms with Crippen molar-refractivity contribution < 1.29 is 19.0 Å². The van der Waals surface area contributed by atoms with Crippen LogP contribution in [0.25, 0.3) is 11.3 Å². The molecule has 0 radical (unpaired) electrons. The van der Waals surface area contributed by atoms with Gasteiger partial charge < -0.3 is 15.6 Å². The Morgan fingerprint density at radius 2 is 1.91 bits per heavy atom. The van der Waals surface area contributed by atoms with Gasteiger partial charge in [0.25, 0.3) is 0 Å². The minimum Gasteiger partial charge on any atom is -0.477 e. The number of carboxylic acids is 1. The maximum Gasteiger partial charge on any atom is 0.354 e. The van der Waals surface area contributed by atoms with Crippen LogP contribution < -0.4 is 10.5 Å². The third-order valence-electron chi connectivity index (χ3n) is 3.03. The summed E-state index contributed by atoms with van der Waals surface area (Å²) in [7, 11) is 0. The summed E-state index contributed by atoms with van der Waals surface area (Å²) in [5.41, 5.74) is 7.63. The van der Waals surface area contributed by atoms with E-state index in [9.17, 15) is 9.18 Å². The van der Waals surface area contributed by atoms with Crippen LogP contribution in [0.4, 0.5) is 10.1 Å². The molecule has 0 aliphatic carbocycles. The number of alkyl halides is 1. The molecule has 5 nitrogen and oxygen atoms in total. The minimum atomic E-state index is -1.77. The highest BCUT2D eigenvalue weighted by Crippen LogP contribution is 2.27. The summed E-state index contributed by atoms with van der Waals surface area (Å²) in [6, 6.07) is 8.13. The second-order valence-electron chi connectivity index (χ2n) is 5.37. The number of ether oxygens (including phenoxy) is 1. The summed E-state index contributed by atoms with van der Waals surface area (Å²) in [5.74, 6) is -2.54. The second kappa shape index (κ2) is 5.63. The van der Waals surface area contributed by atoms with Crippen molar-refractivity contribution in [2.45, 2.75) is 26.6 Å². The number of rotatable bonds is 4. The number of hydrogen-bond donors (Lipinski definition) is 2. The van der Waals surface area contributed by atoms with Crippen molar-refractivity contribution in [3.05, 3.63) is 41.6 Å². The van der Waals surface area contributed by atoms with E-state index < -0.39 is 11.8 Å². The number of nitrogens with zero attached hydrogens (tertiary/aromatic N) is 1. The number of hydrogen-bond acceptors (Lipinski definition) is 4. The molecule has 22 heavy (non-hydrogen) atoms. The van der Waals surface area contributed by atoms with E-state index in [1.807, 2.05) is 0 Å². The number of halogens is 1. The van der Waals surface area contributed by atoms with Gasteiger partial charge in [0.15, 0.2) is 5.69 Å². The van der Waals surface area contributed by atoms with Gasteiger partial charge in [-0.15, -0.1) is 0 Å². The first-order valence-corrected chi connectivity index (χ1v) is 6.66. The van der Waals surface area contributed by atoms with Crippen LogP contribution in [-0.4, -0.2) is 21.9 Å². The quantitative estimate of drug-likeness (QED) is 0.904. The number of carboxylic acid groups (broad SMARTS) is 1.